The Morgan fingerprint density at radius 3 is 2.94 bits per heavy atom. The van der Waals surface area contributed by atoms with Gasteiger partial charge in [0.1, 0.15) is 5.65 Å². The summed E-state index contributed by atoms with van der Waals surface area (Å²) in [7, 11) is -3.17. The Morgan fingerprint density at radius 1 is 1.41 bits per heavy atom. The van der Waals surface area contributed by atoms with Crippen molar-refractivity contribution in [2.75, 3.05) is 12.3 Å². The van der Waals surface area contributed by atoms with Gasteiger partial charge in [0.2, 0.25) is 10.0 Å². The van der Waals surface area contributed by atoms with Gasteiger partial charge in [0.25, 0.3) is 0 Å². The van der Waals surface area contributed by atoms with E-state index >= 15 is 0 Å². The van der Waals surface area contributed by atoms with E-state index in [2.05, 4.69) is 9.71 Å². The van der Waals surface area contributed by atoms with Gasteiger partial charge in [-0.2, -0.15) is 0 Å². The lowest BCUT2D eigenvalue weighted by molar-refractivity contribution is 0.583. The van der Waals surface area contributed by atoms with Crippen LogP contribution in [0.1, 0.15) is 12.6 Å². The molecule has 0 amide bonds. The fourth-order valence-electron chi connectivity index (χ4n) is 1.64. The van der Waals surface area contributed by atoms with Gasteiger partial charge >= 0.3 is 0 Å². The van der Waals surface area contributed by atoms with E-state index in [0.29, 0.717) is 13.0 Å². The van der Waals surface area contributed by atoms with E-state index in [4.69, 9.17) is 0 Å². The van der Waals surface area contributed by atoms with Gasteiger partial charge in [0.05, 0.1) is 11.4 Å². The summed E-state index contributed by atoms with van der Waals surface area (Å²) in [5.74, 6) is 0.0741. The average Bonchev–Trinajstić information content (AvgIpc) is 2.69. The number of pyridine rings is 1. The topological polar surface area (TPSA) is 63.5 Å². The summed E-state index contributed by atoms with van der Waals surface area (Å²) in [5, 5.41) is 0. The van der Waals surface area contributed by atoms with Crippen molar-refractivity contribution in [1.29, 1.82) is 0 Å². The minimum Gasteiger partial charge on any atom is -0.307 e. The Balaban J connectivity index is 2.09. The first-order chi connectivity index (χ1) is 8.11. The summed E-state index contributed by atoms with van der Waals surface area (Å²) in [5.41, 5.74) is 1.63. The molecule has 0 saturated carbocycles. The predicted octanol–water partition coefficient (Wildman–Crippen LogP) is 0.816. The van der Waals surface area contributed by atoms with Crippen LogP contribution in [0.25, 0.3) is 5.65 Å². The van der Waals surface area contributed by atoms with Crippen molar-refractivity contribution < 1.29 is 8.42 Å². The molecule has 0 fully saturated rings. The second-order valence-corrected chi connectivity index (χ2v) is 5.69. The number of nitrogens with zero attached hydrogens (tertiary/aromatic N) is 2. The van der Waals surface area contributed by atoms with E-state index in [1.807, 2.05) is 35.0 Å². The molecule has 2 aromatic rings. The van der Waals surface area contributed by atoms with E-state index in [1.165, 1.54) is 0 Å². The fraction of sp³-hybridized carbons (Fsp3) is 0.364. The third-order valence-corrected chi connectivity index (χ3v) is 3.88. The van der Waals surface area contributed by atoms with Crippen LogP contribution in [0.2, 0.25) is 0 Å². The Kier molecular flexibility index (Phi) is 3.44. The van der Waals surface area contributed by atoms with Crippen LogP contribution in [-0.2, 0) is 16.4 Å². The van der Waals surface area contributed by atoms with E-state index in [9.17, 15) is 8.42 Å². The Morgan fingerprint density at radius 2 is 2.24 bits per heavy atom. The van der Waals surface area contributed by atoms with Crippen molar-refractivity contribution in [3.8, 4) is 0 Å². The van der Waals surface area contributed by atoms with E-state index in [1.54, 1.807) is 6.92 Å². The first kappa shape index (κ1) is 12.1. The Bertz CT molecular complexity index is 571. The highest BCUT2D eigenvalue weighted by Gasteiger charge is 2.10. The molecule has 0 aliphatic heterocycles. The lowest BCUT2D eigenvalue weighted by Crippen LogP contribution is -2.26. The molecule has 1 N–H and O–H groups in total. The molecule has 0 bridgehead atoms. The maximum atomic E-state index is 11.5. The van der Waals surface area contributed by atoms with Gasteiger partial charge in [-0.3, -0.25) is 0 Å². The lowest BCUT2D eigenvalue weighted by atomic mass is 10.4. The van der Waals surface area contributed by atoms with Gasteiger partial charge < -0.3 is 4.40 Å². The molecule has 17 heavy (non-hydrogen) atoms. The number of nitrogens with one attached hydrogen (secondary N) is 1. The van der Waals surface area contributed by atoms with Gasteiger partial charge in [-0.05, 0) is 12.1 Å². The highest BCUT2D eigenvalue weighted by molar-refractivity contribution is 7.89. The summed E-state index contributed by atoms with van der Waals surface area (Å²) in [6.45, 7) is 2.19. The molecular weight excluding hydrogens is 238 g/mol. The van der Waals surface area contributed by atoms with Crippen LogP contribution in [0, 0.1) is 0 Å². The third-order valence-electron chi connectivity index (χ3n) is 2.41. The van der Waals surface area contributed by atoms with Crippen molar-refractivity contribution in [3.63, 3.8) is 0 Å². The van der Waals surface area contributed by atoms with Crippen molar-refractivity contribution in [2.45, 2.75) is 13.3 Å². The molecule has 0 aliphatic rings. The normalized spacial score (nSPS) is 12.1. The maximum Gasteiger partial charge on any atom is 0.211 e. The average molecular weight is 253 g/mol. The number of hydrogen-bond donors (Lipinski definition) is 1. The molecule has 0 spiro atoms. The summed E-state index contributed by atoms with van der Waals surface area (Å²) >= 11 is 0. The molecule has 0 aromatic carbocycles. The van der Waals surface area contributed by atoms with Crippen LogP contribution in [0.15, 0.2) is 30.6 Å². The first-order valence-corrected chi connectivity index (χ1v) is 7.16. The van der Waals surface area contributed by atoms with Gasteiger partial charge in [-0.15, -0.1) is 0 Å². The minimum atomic E-state index is -3.17. The molecule has 92 valence electrons. The van der Waals surface area contributed by atoms with Crippen LogP contribution >= 0.6 is 0 Å². The lowest BCUT2D eigenvalue weighted by Gasteiger charge is -2.01. The zero-order chi connectivity index (χ0) is 12.3. The van der Waals surface area contributed by atoms with E-state index in [-0.39, 0.29) is 5.75 Å². The molecule has 2 aromatic heterocycles. The number of rotatable bonds is 5. The van der Waals surface area contributed by atoms with Crippen LogP contribution in [-0.4, -0.2) is 30.1 Å². The first-order valence-electron chi connectivity index (χ1n) is 5.50. The molecule has 0 atom stereocenters. The van der Waals surface area contributed by atoms with E-state index < -0.39 is 10.0 Å². The van der Waals surface area contributed by atoms with Gasteiger partial charge in [0.15, 0.2) is 0 Å². The monoisotopic (exact) mass is 253 g/mol. The Labute approximate surface area is 101 Å². The van der Waals surface area contributed by atoms with Crippen molar-refractivity contribution in [3.05, 3.63) is 36.3 Å². The quantitative estimate of drug-likeness (QED) is 0.858. The predicted molar refractivity (Wildman–Crippen MR) is 66.4 cm³/mol. The largest absolute Gasteiger partial charge is 0.307 e. The number of sulfonamides is 1. The standard InChI is InChI=1S/C11H15N3O2S/c1-2-12-17(15,16)8-6-10-9-14-7-4-3-5-11(14)13-10/h3-5,7,9,12H,2,6,8H2,1H3. The maximum absolute atomic E-state index is 11.5. The fourth-order valence-corrected chi connectivity index (χ4v) is 2.70. The number of aromatic nitrogens is 2. The second-order valence-electron chi connectivity index (χ2n) is 3.77. The zero-order valence-electron chi connectivity index (χ0n) is 9.63. The summed E-state index contributed by atoms with van der Waals surface area (Å²) < 4.78 is 27.3. The van der Waals surface area contributed by atoms with E-state index in [0.717, 1.165) is 11.3 Å². The molecule has 0 radical (unpaired) electrons. The number of imidazole rings is 1. The molecule has 2 rings (SSSR count). The van der Waals surface area contributed by atoms with Crippen molar-refractivity contribution >= 4 is 15.7 Å². The molecule has 5 nitrogen and oxygen atoms in total. The number of hydrogen-bond acceptors (Lipinski definition) is 3. The van der Waals surface area contributed by atoms with Crippen LogP contribution < -0.4 is 4.72 Å². The molecule has 2 heterocycles. The number of aryl methyl sites for hydroxylation is 1. The molecule has 0 saturated heterocycles. The highest BCUT2D eigenvalue weighted by atomic mass is 32.2. The summed E-state index contributed by atoms with van der Waals surface area (Å²) in [6.07, 6.45) is 4.18. The summed E-state index contributed by atoms with van der Waals surface area (Å²) in [6, 6.07) is 5.71. The van der Waals surface area contributed by atoms with Crippen molar-refractivity contribution in [2.24, 2.45) is 0 Å². The van der Waals surface area contributed by atoms with Gasteiger partial charge in [0, 0.05) is 25.4 Å². The third kappa shape index (κ3) is 3.04. The molecule has 6 heteroatoms. The second kappa shape index (κ2) is 4.85. The van der Waals surface area contributed by atoms with Crippen LogP contribution in [0.5, 0.6) is 0 Å². The minimum absolute atomic E-state index is 0.0741. The molecule has 0 aliphatic carbocycles. The SMILES string of the molecule is CCNS(=O)(=O)CCc1cn2ccccc2n1. The van der Waals surface area contributed by atoms with Crippen LogP contribution in [0.4, 0.5) is 0 Å². The number of fused-ring (bicyclic) bond motifs is 1. The van der Waals surface area contributed by atoms with Crippen LogP contribution in [0.3, 0.4) is 0 Å². The zero-order valence-corrected chi connectivity index (χ0v) is 10.4. The van der Waals surface area contributed by atoms with Gasteiger partial charge in [-0.1, -0.05) is 13.0 Å². The van der Waals surface area contributed by atoms with Gasteiger partial charge in [-0.25, -0.2) is 18.1 Å². The molecule has 0 unspecified atom stereocenters. The smallest absolute Gasteiger partial charge is 0.211 e. The highest BCUT2D eigenvalue weighted by Crippen LogP contribution is 2.05. The molecular formula is C11H15N3O2S. The summed E-state index contributed by atoms with van der Waals surface area (Å²) in [4.78, 5) is 4.35. The Hall–Kier alpha value is -1.40. The van der Waals surface area contributed by atoms with Crippen molar-refractivity contribution in [1.82, 2.24) is 14.1 Å².